The van der Waals surface area contributed by atoms with Gasteiger partial charge in [-0.25, -0.2) is 0 Å². The van der Waals surface area contributed by atoms with E-state index in [0.717, 1.165) is 0 Å². The Morgan fingerprint density at radius 1 is 1.35 bits per heavy atom. The first kappa shape index (κ1) is 11.3. The third-order valence-corrected chi connectivity index (χ3v) is 2.52. The predicted octanol–water partition coefficient (Wildman–Crippen LogP) is 1.71. The lowest BCUT2D eigenvalue weighted by Gasteiger charge is -2.05. The first-order chi connectivity index (χ1) is 8.09. The summed E-state index contributed by atoms with van der Waals surface area (Å²) in [6, 6.07) is 4.75. The number of furan rings is 1. The van der Waals surface area contributed by atoms with E-state index in [1.807, 2.05) is 0 Å². The average molecular weight is 232 g/mol. The normalized spacial score (nSPS) is 12.4. The molecule has 0 N–H and O–H groups in total. The first-order valence-electron chi connectivity index (χ1n) is 5.21. The quantitative estimate of drug-likeness (QED) is 0.594. The Labute approximate surface area is 98.0 Å². The van der Waals surface area contributed by atoms with Crippen LogP contribution in [-0.2, 0) is 7.05 Å². The molecule has 1 unspecified atom stereocenters. The van der Waals surface area contributed by atoms with Gasteiger partial charge in [0.1, 0.15) is 5.69 Å². The predicted molar refractivity (Wildman–Crippen MR) is 59.7 cm³/mol. The fraction of sp³-hybridized carbons (Fsp3) is 0.250. The second-order valence-corrected chi connectivity index (χ2v) is 3.80. The van der Waals surface area contributed by atoms with Crippen molar-refractivity contribution in [3.63, 3.8) is 0 Å². The Balaban J connectivity index is 2.18. The standard InChI is InChI=1S/C12H12N2O3/c1-8(12(16)10-4-3-7-17-10)11(15)9-5-6-14(2)13-9/h3-8H,1-2H3. The number of carbonyl (C=O) groups is 2. The summed E-state index contributed by atoms with van der Waals surface area (Å²) in [5, 5.41) is 3.98. The lowest BCUT2D eigenvalue weighted by Crippen LogP contribution is -2.21. The van der Waals surface area contributed by atoms with Gasteiger partial charge in [0.2, 0.25) is 5.78 Å². The van der Waals surface area contributed by atoms with Crippen molar-refractivity contribution in [1.29, 1.82) is 0 Å². The average Bonchev–Trinajstić information content (AvgIpc) is 2.96. The Morgan fingerprint density at radius 2 is 2.12 bits per heavy atom. The molecular formula is C12H12N2O3. The Hall–Kier alpha value is -2.17. The van der Waals surface area contributed by atoms with Crippen molar-refractivity contribution >= 4 is 11.6 Å². The first-order valence-corrected chi connectivity index (χ1v) is 5.21. The van der Waals surface area contributed by atoms with E-state index in [0.29, 0.717) is 5.69 Å². The van der Waals surface area contributed by atoms with Gasteiger partial charge in [-0.15, -0.1) is 0 Å². The molecule has 1 atom stereocenters. The number of nitrogens with zero attached hydrogens (tertiary/aromatic N) is 2. The summed E-state index contributed by atoms with van der Waals surface area (Å²) < 4.78 is 6.51. The maximum atomic E-state index is 12.0. The molecule has 2 heterocycles. The van der Waals surface area contributed by atoms with Gasteiger partial charge >= 0.3 is 0 Å². The van der Waals surface area contributed by atoms with Gasteiger partial charge in [-0.1, -0.05) is 0 Å². The summed E-state index contributed by atoms with van der Waals surface area (Å²) in [7, 11) is 1.72. The van der Waals surface area contributed by atoms with E-state index in [1.165, 1.54) is 10.9 Å². The van der Waals surface area contributed by atoms with Gasteiger partial charge in [-0.3, -0.25) is 14.3 Å². The largest absolute Gasteiger partial charge is 0.461 e. The Bertz CT molecular complexity index is 540. The molecule has 0 amide bonds. The SMILES string of the molecule is CC(C(=O)c1ccn(C)n1)C(=O)c1ccco1. The zero-order valence-corrected chi connectivity index (χ0v) is 9.58. The summed E-state index contributed by atoms with van der Waals surface area (Å²) in [6.45, 7) is 1.56. The molecule has 0 spiro atoms. The number of hydrogen-bond acceptors (Lipinski definition) is 4. The summed E-state index contributed by atoms with van der Waals surface area (Å²) in [5.74, 6) is -1.21. The maximum Gasteiger partial charge on any atom is 0.208 e. The van der Waals surface area contributed by atoms with E-state index in [2.05, 4.69) is 5.10 Å². The van der Waals surface area contributed by atoms with Crippen LogP contribution in [0.1, 0.15) is 28.0 Å². The van der Waals surface area contributed by atoms with Crippen molar-refractivity contribution in [3.05, 3.63) is 42.1 Å². The van der Waals surface area contributed by atoms with Gasteiger partial charge in [0, 0.05) is 13.2 Å². The molecule has 0 aromatic carbocycles. The molecule has 0 saturated heterocycles. The molecule has 5 nitrogen and oxygen atoms in total. The van der Waals surface area contributed by atoms with Crippen LogP contribution in [0.5, 0.6) is 0 Å². The van der Waals surface area contributed by atoms with Crippen LogP contribution in [0.2, 0.25) is 0 Å². The lowest BCUT2D eigenvalue weighted by atomic mass is 9.97. The second kappa shape index (κ2) is 4.37. The molecule has 0 aliphatic rings. The summed E-state index contributed by atoms with van der Waals surface area (Å²) in [5.41, 5.74) is 0.292. The summed E-state index contributed by atoms with van der Waals surface area (Å²) >= 11 is 0. The van der Waals surface area contributed by atoms with Crippen LogP contribution < -0.4 is 0 Å². The van der Waals surface area contributed by atoms with Crippen molar-refractivity contribution in [2.24, 2.45) is 13.0 Å². The molecule has 0 bridgehead atoms. The number of aryl methyl sites for hydroxylation is 1. The summed E-state index contributed by atoms with van der Waals surface area (Å²) in [4.78, 5) is 23.8. The molecule has 0 fully saturated rings. The summed E-state index contributed by atoms with van der Waals surface area (Å²) in [6.07, 6.45) is 3.07. The third-order valence-electron chi connectivity index (χ3n) is 2.52. The zero-order chi connectivity index (χ0) is 12.4. The Kier molecular flexibility index (Phi) is 2.91. The monoisotopic (exact) mass is 232 g/mol. The number of aromatic nitrogens is 2. The number of rotatable bonds is 4. The fourth-order valence-corrected chi connectivity index (χ4v) is 1.52. The van der Waals surface area contributed by atoms with E-state index in [9.17, 15) is 9.59 Å². The van der Waals surface area contributed by atoms with E-state index >= 15 is 0 Å². The van der Waals surface area contributed by atoms with Crippen molar-refractivity contribution in [2.45, 2.75) is 6.92 Å². The number of hydrogen-bond donors (Lipinski definition) is 0. The molecule has 2 rings (SSSR count). The van der Waals surface area contributed by atoms with E-state index in [4.69, 9.17) is 4.42 Å². The highest BCUT2D eigenvalue weighted by molar-refractivity contribution is 6.14. The second-order valence-electron chi connectivity index (χ2n) is 3.80. The molecule has 0 saturated carbocycles. The van der Waals surface area contributed by atoms with Crippen LogP contribution in [0.25, 0.3) is 0 Å². The van der Waals surface area contributed by atoms with Crippen molar-refractivity contribution in [3.8, 4) is 0 Å². The van der Waals surface area contributed by atoms with Gasteiger partial charge < -0.3 is 4.42 Å². The van der Waals surface area contributed by atoms with Gasteiger partial charge in [0.25, 0.3) is 0 Å². The third kappa shape index (κ3) is 2.18. The molecule has 0 radical (unpaired) electrons. The number of ketones is 2. The van der Waals surface area contributed by atoms with Gasteiger partial charge in [-0.05, 0) is 25.1 Å². The van der Waals surface area contributed by atoms with Crippen LogP contribution in [0.3, 0.4) is 0 Å². The molecular weight excluding hydrogens is 220 g/mol. The van der Waals surface area contributed by atoms with Gasteiger partial charge in [0.15, 0.2) is 11.5 Å². The number of Topliss-reactive ketones (excluding diaryl/α,β-unsaturated/α-hetero) is 2. The molecule has 17 heavy (non-hydrogen) atoms. The van der Waals surface area contributed by atoms with Crippen LogP contribution in [0, 0.1) is 5.92 Å². The van der Waals surface area contributed by atoms with Crippen LogP contribution in [-0.4, -0.2) is 21.3 Å². The molecule has 88 valence electrons. The van der Waals surface area contributed by atoms with Crippen LogP contribution in [0.15, 0.2) is 35.1 Å². The number of carbonyl (C=O) groups excluding carboxylic acids is 2. The molecule has 2 aromatic rings. The molecule has 5 heteroatoms. The van der Waals surface area contributed by atoms with Crippen molar-refractivity contribution in [1.82, 2.24) is 9.78 Å². The smallest absolute Gasteiger partial charge is 0.208 e. The Morgan fingerprint density at radius 3 is 2.65 bits per heavy atom. The highest BCUT2D eigenvalue weighted by Gasteiger charge is 2.26. The molecule has 0 aliphatic heterocycles. The zero-order valence-electron chi connectivity index (χ0n) is 9.58. The minimum absolute atomic E-state index is 0.196. The van der Waals surface area contributed by atoms with Crippen LogP contribution in [0.4, 0.5) is 0 Å². The maximum absolute atomic E-state index is 12.0. The van der Waals surface area contributed by atoms with Gasteiger partial charge in [-0.2, -0.15) is 5.10 Å². The topological polar surface area (TPSA) is 65.1 Å². The van der Waals surface area contributed by atoms with Gasteiger partial charge in [0.05, 0.1) is 12.2 Å². The highest BCUT2D eigenvalue weighted by atomic mass is 16.3. The fourth-order valence-electron chi connectivity index (χ4n) is 1.52. The van der Waals surface area contributed by atoms with E-state index < -0.39 is 5.92 Å². The molecule has 0 aliphatic carbocycles. The minimum Gasteiger partial charge on any atom is -0.461 e. The highest BCUT2D eigenvalue weighted by Crippen LogP contribution is 2.13. The van der Waals surface area contributed by atoms with Crippen molar-refractivity contribution in [2.75, 3.05) is 0 Å². The lowest BCUT2D eigenvalue weighted by molar-refractivity contribution is 0.0800. The van der Waals surface area contributed by atoms with Crippen molar-refractivity contribution < 1.29 is 14.0 Å². The van der Waals surface area contributed by atoms with E-state index in [1.54, 1.807) is 38.4 Å². The van der Waals surface area contributed by atoms with Crippen LogP contribution >= 0.6 is 0 Å². The minimum atomic E-state index is -0.781. The van der Waals surface area contributed by atoms with E-state index in [-0.39, 0.29) is 17.3 Å². The molecule has 2 aromatic heterocycles.